The van der Waals surface area contributed by atoms with E-state index in [2.05, 4.69) is 11.7 Å². The van der Waals surface area contributed by atoms with E-state index in [1.807, 2.05) is 26.1 Å². The van der Waals surface area contributed by atoms with Crippen LogP contribution in [0.15, 0.2) is 37.0 Å². The fourth-order valence-corrected chi connectivity index (χ4v) is 1.73. The molecule has 0 aliphatic rings. The van der Waals surface area contributed by atoms with E-state index in [-0.39, 0.29) is 5.82 Å². The van der Waals surface area contributed by atoms with E-state index in [1.54, 1.807) is 10.7 Å². The second-order valence-electron chi connectivity index (χ2n) is 3.92. The van der Waals surface area contributed by atoms with Crippen molar-refractivity contribution in [1.82, 2.24) is 9.78 Å². The van der Waals surface area contributed by atoms with Crippen LogP contribution in [0.25, 0.3) is 11.4 Å². The summed E-state index contributed by atoms with van der Waals surface area (Å²) < 4.78 is 20.4. The zero-order chi connectivity index (χ0) is 13.1. The van der Waals surface area contributed by atoms with Gasteiger partial charge in [0.25, 0.3) is 0 Å². The lowest BCUT2D eigenvalue weighted by Gasteiger charge is -2.12. The molecule has 0 bridgehead atoms. The Bertz CT molecular complexity index is 575. The Morgan fingerprint density at radius 1 is 1.44 bits per heavy atom. The van der Waals surface area contributed by atoms with Gasteiger partial charge >= 0.3 is 0 Å². The average Bonchev–Trinajstić information content (AvgIpc) is 2.76. The van der Waals surface area contributed by atoms with Gasteiger partial charge in [-0.05, 0) is 38.1 Å². The first-order chi connectivity index (χ1) is 8.61. The minimum absolute atomic E-state index is 0.321. The molecule has 0 saturated carbocycles. The highest BCUT2D eigenvalue weighted by Crippen LogP contribution is 2.23. The quantitative estimate of drug-likeness (QED) is 0.774. The highest BCUT2D eigenvalue weighted by Gasteiger charge is 2.11. The number of hydrogen-bond acceptors (Lipinski definition) is 2. The van der Waals surface area contributed by atoms with Crippen LogP contribution in [0.3, 0.4) is 0 Å². The molecule has 1 heterocycles. The van der Waals surface area contributed by atoms with E-state index in [0.29, 0.717) is 17.9 Å². The largest absolute Gasteiger partial charge is 0.494 e. The smallest absolute Gasteiger partial charge is 0.124 e. The normalized spacial score (nSPS) is 10.4. The van der Waals surface area contributed by atoms with Crippen molar-refractivity contribution in [3.05, 3.63) is 54.1 Å². The third-order valence-corrected chi connectivity index (χ3v) is 2.55. The average molecular weight is 246 g/mol. The molecule has 0 saturated heterocycles. The summed E-state index contributed by atoms with van der Waals surface area (Å²) in [6, 6.07) is 6.36. The van der Waals surface area contributed by atoms with Gasteiger partial charge in [-0.3, -0.25) is 0 Å². The summed E-state index contributed by atoms with van der Waals surface area (Å²) >= 11 is 0. The van der Waals surface area contributed by atoms with Crippen molar-refractivity contribution >= 4 is 5.76 Å². The minimum atomic E-state index is -0.321. The molecule has 94 valence electrons. The third kappa shape index (κ3) is 2.42. The Kier molecular flexibility index (Phi) is 3.46. The van der Waals surface area contributed by atoms with E-state index in [4.69, 9.17) is 4.74 Å². The van der Waals surface area contributed by atoms with Gasteiger partial charge in [0.1, 0.15) is 11.6 Å². The van der Waals surface area contributed by atoms with E-state index >= 15 is 0 Å². The number of hydrogen-bond donors (Lipinski definition) is 0. The van der Waals surface area contributed by atoms with E-state index in [0.717, 1.165) is 11.4 Å². The highest BCUT2D eigenvalue weighted by molar-refractivity contribution is 5.66. The van der Waals surface area contributed by atoms with Gasteiger partial charge in [-0.15, -0.1) is 0 Å². The molecular formula is C14H15FN2O. The summed E-state index contributed by atoms with van der Waals surface area (Å²) in [4.78, 5) is 0. The van der Waals surface area contributed by atoms with E-state index in [9.17, 15) is 4.39 Å². The molecule has 0 amide bonds. The summed E-state index contributed by atoms with van der Waals surface area (Å²) in [7, 11) is 0. The van der Waals surface area contributed by atoms with Crippen molar-refractivity contribution in [3.63, 3.8) is 0 Å². The van der Waals surface area contributed by atoms with Crippen molar-refractivity contribution in [2.45, 2.75) is 13.8 Å². The lowest BCUT2D eigenvalue weighted by atomic mass is 10.1. The Balaban J connectivity index is 2.50. The molecule has 4 heteroatoms. The molecule has 1 aromatic carbocycles. The first-order valence-corrected chi connectivity index (χ1v) is 5.76. The van der Waals surface area contributed by atoms with Gasteiger partial charge in [0.15, 0.2) is 0 Å². The first kappa shape index (κ1) is 12.4. The SMILES string of the molecule is C=C(OCC)c1cc(F)ccc1-n1ccc(C)n1. The van der Waals surface area contributed by atoms with Crippen LogP contribution in [0.1, 0.15) is 18.2 Å². The number of nitrogens with zero attached hydrogens (tertiary/aromatic N) is 2. The van der Waals surface area contributed by atoms with Gasteiger partial charge in [-0.1, -0.05) is 6.58 Å². The predicted octanol–water partition coefficient (Wildman–Crippen LogP) is 3.33. The van der Waals surface area contributed by atoms with E-state index in [1.165, 1.54) is 12.1 Å². The lowest BCUT2D eigenvalue weighted by molar-refractivity contribution is 0.299. The summed E-state index contributed by atoms with van der Waals surface area (Å²) in [6.45, 7) is 8.07. The maximum atomic E-state index is 13.3. The molecule has 0 unspecified atom stereocenters. The summed E-state index contributed by atoms with van der Waals surface area (Å²) in [6.07, 6.45) is 1.82. The van der Waals surface area contributed by atoms with Crippen molar-refractivity contribution in [3.8, 4) is 5.69 Å². The molecule has 2 rings (SSSR count). The van der Waals surface area contributed by atoms with Gasteiger partial charge in [0.05, 0.1) is 18.0 Å². The van der Waals surface area contributed by atoms with Crippen LogP contribution >= 0.6 is 0 Å². The molecule has 0 N–H and O–H groups in total. The lowest BCUT2D eigenvalue weighted by Crippen LogP contribution is -2.02. The van der Waals surface area contributed by atoms with Crippen LogP contribution in [-0.2, 0) is 4.74 Å². The van der Waals surface area contributed by atoms with Gasteiger partial charge in [-0.2, -0.15) is 5.10 Å². The molecule has 0 atom stereocenters. The number of aryl methyl sites for hydroxylation is 1. The highest BCUT2D eigenvalue weighted by atomic mass is 19.1. The third-order valence-electron chi connectivity index (χ3n) is 2.55. The second kappa shape index (κ2) is 5.04. The first-order valence-electron chi connectivity index (χ1n) is 5.76. The van der Waals surface area contributed by atoms with Crippen molar-refractivity contribution < 1.29 is 9.13 Å². The maximum absolute atomic E-state index is 13.3. The molecule has 0 aliphatic carbocycles. The Morgan fingerprint density at radius 2 is 2.22 bits per heavy atom. The molecule has 2 aromatic rings. The molecule has 18 heavy (non-hydrogen) atoms. The summed E-state index contributed by atoms with van der Waals surface area (Å²) in [5, 5.41) is 4.31. The topological polar surface area (TPSA) is 27.1 Å². The van der Waals surface area contributed by atoms with Gasteiger partial charge in [0.2, 0.25) is 0 Å². The fraction of sp³-hybridized carbons (Fsp3) is 0.214. The van der Waals surface area contributed by atoms with Crippen LogP contribution in [0.2, 0.25) is 0 Å². The molecule has 0 fully saturated rings. The number of ether oxygens (including phenoxy) is 1. The minimum Gasteiger partial charge on any atom is -0.494 e. The Morgan fingerprint density at radius 3 is 2.83 bits per heavy atom. The van der Waals surface area contributed by atoms with Crippen LogP contribution in [0.5, 0.6) is 0 Å². The van der Waals surface area contributed by atoms with Crippen molar-refractivity contribution in [2.75, 3.05) is 6.61 Å². The molecule has 0 radical (unpaired) electrons. The molecule has 3 nitrogen and oxygen atoms in total. The molecular weight excluding hydrogens is 231 g/mol. The fourth-order valence-electron chi connectivity index (χ4n) is 1.73. The van der Waals surface area contributed by atoms with Gasteiger partial charge in [0, 0.05) is 11.8 Å². The summed E-state index contributed by atoms with van der Waals surface area (Å²) in [5.74, 6) is 0.124. The summed E-state index contributed by atoms with van der Waals surface area (Å²) in [5.41, 5.74) is 2.26. The molecule has 0 aliphatic heterocycles. The number of rotatable bonds is 4. The van der Waals surface area contributed by atoms with Crippen LogP contribution in [0, 0.1) is 12.7 Å². The standard InChI is InChI=1S/C14H15FN2O/c1-4-18-11(3)13-9-12(15)5-6-14(13)17-8-7-10(2)16-17/h5-9H,3-4H2,1-2H3. The monoisotopic (exact) mass is 246 g/mol. The Labute approximate surface area is 106 Å². The number of aromatic nitrogens is 2. The molecule has 1 aromatic heterocycles. The maximum Gasteiger partial charge on any atom is 0.124 e. The Hall–Kier alpha value is -2.10. The second-order valence-corrected chi connectivity index (χ2v) is 3.92. The van der Waals surface area contributed by atoms with Crippen LogP contribution in [0.4, 0.5) is 4.39 Å². The number of benzene rings is 1. The predicted molar refractivity (Wildman–Crippen MR) is 68.9 cm³/mol. The van der Waals surface area contributed by atoms with Crippen molar-refractivity contribution in [1.29, 1.82) is 0 Å². The molecule has 0 spiro atoms. The van der Waals surface area contributed by atoms with Crippen LogP contribution < -0.4 is 0 Å². The van der Waals surface area contributed by atoms with Gasteiger partial charge < -0.3 is 4.74 Å². The zero-order valence-electron chi connectivity index (χ0n) is 10.5. The zero-order valence-corrected chi connectivity index (χ0v) is 10.5. The van der Waals surface area contributed by atoms with E-state index < -0.39 is 0 Å². The van der Waals surface area contributed by atoms with Crippen molar-refractivity contribution in [2.24, 2.45) is 0 Å². The number of halogens is 1. The van der Waals surface area contributed by atoms with Gasteiger partial charge in [-0.25, -0.2) is 9.07 Å². The van der Waals surface area contributed by atoms with Crippen LogP contribution in [-0.4, -0.2) is 16.4 Å².